The Kier molecular flexibility index (Phi) is 5.37. The monoisotopic (exact) mass is 365 g/mol. The van der Waals surface area contributed by atoms with Crippen LogP contribution in [0.5, 0.6) is 0 Å². The summed E-state index contributed by atoms with van der Waals surface area (Å²) in [4.78, 5) is 2.54. The zero-order valence-electron chi connectivity index (χ0n) is 14.9. The van der Waals surface area contributed by atoms with Gasteiger partial charge in [0.15, 0.2) is 5.15 Å². The molecule has 26 heavy (non-hydrogen) atoms. The van der Waals surface area contributed by atoms with Crippen molar-refractivity contribution in [3.8, 4) is 0 Å². The van der Waals surface area contributed by atoms with Gasteiger partial charge in [0, 0.05) is 25.0 Å². The van der Waals surface area contributed by atoms with E-state index in [2.05, 4.69) is 52.5 Å². The Morgan fingerprint density at radius 1 is 0.923 bits per heavy atom. The summed E-state index contributed by atoms with van der Waals surface area (Å²) in [5.74, 6) is 0. The molecular formula is C22H24ClN3. The molecule has 0 atom stereocenters. The van der Waals surface area contributed by atoms with Gasteiger partial charge < -0.3 is 0 Å². The quantitative estimate of drug-likeness (QED) is 0.555. The molecule has 134 valence electrons. The number of halogens is 1. The molecule has 3 nitrogen and oxygen atoms in total. The highest BCUT2D eigenvalue weighted by Gasteiger charge is 2.13. The fraction of sp³-hybridized carbons (Fsp3) is 0.318. The number of rotatable bonds is 6. The van der Waals surface area contributed by atoms with Crippen LogP contribution in [0.25, 0.3) is 16.5 Å². The second-order valence-corrected chi connectivity index (χ2v) is 7.24. The van der Waals surface area contributed by atoms with Gasteiger partial charge in [-0.25, -0.2) is 0 Å². The molecule has 0 unspecified atom stereocenters. The summed E-state index contributed by atoms with van der Waals surface area (Å²) in [7, 11) is 0. The van der Waals surface area contributed by atoms with Crippen LogP contribution in [0.15, 0.2) is 60.7 Å². The Morgan fingerprint density at radius 3 is 2.50 bits per heavy atom. The van der Waals surface area contributed by atoms with Crippen molar-refractivity contribution in [3.63, 3.8) is 0 Å². The van der Waals surface area contributed by atoms with Crippen LogP contribution < -0.4 is 0 Å². The third-order valence-corrected chi connectivity index (χ3v) is 5.42. The van der Waals surface area contributed by atoms with Crippen molar-refractivity contribution < 1.29 is 0 Å². The molecule has 4 heteroatoms. The first-order valence-corrected chi connectivity index (χ1v) is 9.77. The van der Waals surface area contributed by atoms with Crippen LogP contribution in [-0.2, 0) is 6.54 Å². The Labute approximate surface area is 159 Å². The molecule has 0 fully saturated rings. The number of nitrogens with zero attached hydrogens (tertiary/aromatic N) is 3. The van der Waals surface area contributed by atoms with E-state index < -0.39 is 0 Å². The normalized spacial score (nSPS) is 15.3. The molecule has 0 bridgehead atoms. The molecule has 0 aliphatic carbocycles. The SMILES string of the molecule is Clc1nn(CCCCN2CC=C(c3ccccc3)CC2)c2ccccc12. The van der Waals surface area contributed by atoms with Crippen LogP contribution >= 0.6 is 11.6 Å². The van der Waals surface area contributed by atoms with Crippen molar-refractivity contribution in [2.45, 2.75) is 25.8 Å². The van der Waals surface area contributed by atoms with E-state index in [-0.39, 0.29) is 0 Å². The minimum atomic E-state index is 0.607. The summed E-state index contributed by atoms with van der Waals surface area (Å²) < 4.78 is 2.04. The largest absolute Gasteiger partial charge is 0.299 e. The number of unbranched alkanes of at least 4 members (excludes halogenated alkanes) is 1. The predicted molar refractivity (Wildman–Crippen MR) is 109 cm³/mol. The third-order valence-electron chi connectivity index (χ3n) is 5.14. The maximum atomic E-state index is 6.23. The molecule has 0 N–H and O–H groups in total. The highest BCUT2D eigenvalue weighted by atomic mass is 35.5. The number of hydrogen-bond acceptors (Lipinski definition) is 2. The van der Waals surface area contributed by atoms with Crippen LogP contribution in [0.1, 0.15) is 24.8 Å². The summed E-state index contributed by atoms with van der Waals surface area (Å²) in [5.41, 5.74) is 3.99. The zero-order valence-corrected chi connectivity index (χ0v) is 15.7. The molecule has 2 aromatic carbocycles. The first-order valence-electron chi connectivity index (χ1n) is 9.39. The third kappa shape index (κ3) is 3.84. The molecule has 2 heterocycles. The summed E-state index contributed by atoms with van der Waals surface area (Å²) in [6, 6.07) is 18.9. The lowest BCUT2D eigenvalue weighted by atomic mass is 9.99. The summed E-state index contributed by atoms with van der Waals surface area (Å²) in [6.07, 6.45) is 5.83. The van der Waals surface area contributed by atoms with E-state index in [1.54, 1.807) is 0 Å². The molecule has 0 amide bonds. The van der Waals surface area contributed by atoms with Gasteiger partial charge >= 0.3 is 0 Å². The maximum absolute atomic E-state index is 6.23. The fourth-order valence-electron chi connectivity index (χ4n) is 3.68. The summed E-state index contributed by atoms with van der Waals surface area (Å²) >= 11 is 6.23. The van der Waals surface area contributed by atoms with Gasteiger partial charge in [-0.2, -0.15) is 5.10 Å². The van der Waals surface area contributed by atoms with Crippen LogP contribution in [0.2, 0.25) is 5.15 Å². The average molecular weight is 366 g/mol. The van der Waals surface area contributed by atoms with Crippen LogP contribution in [0, 0.1) is 0 Å². The number of hydrogen-bond donors (Lipinski definition) is 0. The van der Waals surface area contributed by atoms with E-state index in [0.29, 0.717) is 5.15 Å². The lowest BCUT2D eigenvalue weighted by Gasteiger charge is -2.26. The van der Waals surface area contributed by atoms with Crippen molar-refractivity contribution in [1.29, 1.82) is 0 Å². The van der Waals surface area contributed by atoms with Gasteiger partial charge in [0.05, 0.1) is 5.52 Å². The van der Waals surface area contributed by atoms with E-state index in [0.717, 1.165) is 49.9 Å². The molecule has 3 aromatic rings. The van der Waals surface area contributed by atoms with Crippen molar-refractivity contribution >= 4 is 28.1 Å². The van der Waals surface area contributed by atoms with E-state index >= 15 is 0 Å². The summed E-state index contributed by atoms with van der Waals surface area (Å²) in [6.45, 7) is 4.27. The van der Waals surface area contributed by atoms with Gasteiger partial charge in [0.2, 0.25) is 0 Å². The van der Waals surface area contributed by atoms with Crippen molar-refractivity contribution in [1.82, 2.24) is 14.7 Å². The lowest BCUT2D eigenvalue weighted by molar-refractivity contribution is 0.292. The minimum absolute atomic E-state index is 0.607. The highest BCUT2D eigenvalue weighted by Crippen LogP contribution is 2.23. The first-order chi connectivity index (χ1) is 12.8. The Bertz CT molecular complexity index is 898. The van der Waals surface area contributed by atoms with Crippen LogP contribution in [0.4, 0.5) is 0 Å². The van der Waals surface area contributed by atoms with E-state index in [1.807, 2.05) is 22.9 Å². The molecule has 4 rings (SSSR count). The smallest absolute Gasteiger partial charge is 0.158 e. The molecule has 0 spiro atoms. The second kappa shape index (κ2) is 8.07. The van der Waals surface area contributed by atoms with Gasteiger partial charge in [-0.1, -0.05) is 60.1 Å². The van der Waals surface area contributed by atoms with E-state index in [1.165, 1.54) is 17.6 Å². The lowest BCUT2D eigenvalue weighted by Crippen LogP contribution is -2.29. The molecular weight excluding hydrogens is 342 g/mol. The molecule has 0 radical (unpaired) electrons. The van der Waals surface area contributed by atoms with Crippen molar-refractivity contribution in [3.05, 3.63) is 71.4 Å². The van der Waals surface area contributed by atoms with Crippen molar-refractivity contribution in [2.24, 2.45) is 0 Å². The number of para-hydroxylation sites is 1. The van der Waals surface area contributed by atoms with Gasteiger partial charge in [-0.15, -0.1) is 0 Å². The molecule has 1 aromatic heterocycles. The van der Waals surface area contributed by atoms with Crippen LogP contribution in [0.3, 0.4) is 0 Å². The van der Waals surface area contributed by atoms with E-state index in [9.17, 15) is 0 Å². The van der Waals surface area contributed by atoms with Crippen LogP contribution in [-0.4, -0.2) is 34.3 Å². The first kappa shape index (κ1) is 17.3. The van der Waals surface area contributed by atoms with E-state index in [4.69, 9.17) is 11.6 Å². The maximum Gasteiger partial charge on any atom is 0.158 e. The van der Waals surface area contributed by atoms with Gasteiger partial charge in [0.1, 0.15) is 0 Å². The standard InChI is InChI=1S/C22H24ClN3/c23-22-20-10-4-5-11-21(20)26(24-22)15-7-6-14-25-16-12-19(13-17-25)18-8-2-1-3-9-18/h1-5,8-12H,6-7,13-17H2. The molecule has 0 saturated carbocycles. The Balaban J connectivity index is 1.26. The second-order valence-electron chi connectivity index (χ2n) is 6.88. The van der Waals surface area contributed by atoms with Gasteiger partial charge in [-0.05, 0) is 49.1 Å². The summed E-state index contributed by atoms with van der Waals surface area (Å²) in [5, 5.41) is 6.13. The molecule has 1 aliphatic heterocycles. The topological polar surface area (TPSA) is 21.1 Å². The fourth-order valence-corrected chi connectivity index (χ4v) is 3.93. The highest BCUT2D eigenvalue weighted by molar-refractivity contribution is 6.34. The zero-order chi connectivity index (χ0) is 17.8. The molecule has 1 aliphatic rings. The van der Waals surface area contributed by atoms with Gasteiger partial charge in [0.25, 0.3) is 0 Å². The minimum Gasteiger partial charge on any atom is -0.299 e. The van der Waals surface area contributed by atoms with Crippen molar-refractivity contribution in [2.75, 3.05) is 19.6 Å². The molecule has 0 saturated heterocycles. The van der Waals surface area contributed by atoms with Gasteiger partial charge in [-0.3, -0.25) is 9.58 Å². The number of benzene rings is 2. The average Bonchev–Trinajstić information content (AvgIpc) is 3.03. The Morgan fingerprint density at radius 2 is 1.69 bits per heavy atom. The number of aromatic nitrogens is 2. The number of fused-ring (bicyclic) bond motifs is 1. The predicted octanol–water partition coefficient (Wildman–Crippen LogP) is 5.26. The number of aryl methyl sites for hydroxylation is 1. The Hall–Kier alpha value is -2.10.